The van der Waals surface area contributed by atoms with Crippen molar-refractivity contribution in [2.75, 3.05) is 18.4 Å². The average molecular weight is 461 g/mol. The molecule has 4 rings (SSSR count). The van der Waals surface area contributed by atoms with Crippen LogP contribution in [0.4, 0.5) is 5.82 Å². The molecule has 0 aromatic carbocycles. The maximum atomic E-state index is 12.7. The molecule has 1 saturated heterocycles. The second kappa shape index (κ2) is 8.03. The maximum Gasteiger partial charge on any atom is 0.298 e. The van der Waals surface area contributed by atoms with Crippen LogP contribution in [0.1, 0.15) is 24.3 Å². The molecule has 10 heteroatoms. The molecule has 1 aliphatic rings. The number of carbonyl (C=O) groups is 1. The number of halogens is 1. The molecule has 0 aliphatic carbocycles. The molecule has 0 saturated carbocycles. The van der Waals surface area contributed by atoms with Crippen molar-refractivity contribution in [3.63, 3.8) is 0 Å². The first-order valence-electron chi connectivity index (χ1n) is 9.41. The summed E-state index contributed by atoms with van der Waals surface area (Å²) in [6, 6.07) is 3.59. The molecule has 1 amide bonds. The zero-order valence-electron chi connectivity index (χ0n) is 16.2. The summed E-state index contributed by atoms with van der Waals surface area (Å²) in [5.41, 5.74) is 0.710. The van der Waals surface area contributed by atoms with Crippen molar-refractivity contribution < 1.29 is 9.32 Å². The van der Waals surface area contributed by atoms with Crippen molar-refractivity contribution in [2.24, 2.45) is 5.92 Å². The minimum atomic E-state index is -0.284. The van der Waals surface area contributed by atoms with Crippen LogP contribution in [0, 0.1) is 19.8 Å². The van der Waals surface area contributed by atoms with Crippen LogP contribution in [0.3, 0.4) is 0 Å². The van der Waals surface area contributed by atoms with Gasteiger partial charge in [-0.3, -0.25) is 14.5 Å². The third-order valence-electron chi connectivity index (χ3n) is 5.12. The van der Waals surface area contributed by atoms with Gasteiger partial charge >= 0.3 is 0 Å². The number of fused-ring (bicyclic) bond motifs is 1. The lowest BCUT2D eigenvalue weighted by Crippen LogP contribution is -2.43. The molecule has 0 spiro atoms. The average Bonchev–Trinajstić information content (AvgIpc) is 3.10. The van der Waals surface area contributed by atoms with E-state index < -0.39 is 0 Å². The Morgan fingerprint density at radius 1 is 1.38 bits per heavy atom. The van der Waals surface area contributed by atoms with E-state index in [9.17, 15) is 9.59 Å². The topological polar surface area (TPSA) is 106 Å². The maximum absolute atomic E-state index is 12.7. The van der Waals surface area contributed by atoms with E-state index in [4.69, 9.17) is 4.52 Å². The standard InChI is InChI=1S/C19H21BrN6O3/c1-11-16-12(2)29-24-17(16)19(28)26(23-11)10-25-7-3-4-13(9-25)18(27)22-15-6-5-14(20)8-21-15/h5-6,8,13H,3-4,7,9-10H2,1-2H3,(H,21,22,27). The van der Waals surface area contributed by atoms with E-state index in [0.29, 0.717) is 41.4 Å². The molecule has 1 unspecified atom stereocenters. The number of hydrogen-bond donors (Lipinski definition) is 1. The Morgan fingerprint density at radius 2 is 2.21 bits per heavy atom. The molecule has 3 aromatic rings. The third kappa shape index (κ3) is 4.08. The molecule has 29 heavy (non-hydrogen) atoms. The van der Waals surface area contributed by atoms with E-state index in [1.807, 2.05) is 13.0 Å². The van der Waals surface area contributed by atoms with Crippen molar-refractivity contribution >= 4 is 38.6 Å². The number of aromatic nitrogens is 4. The van der Waals surface area contributed by atoms with E-state index >= 15 is 0 Å². The number of likely N-dealkylation sites (tertiary alicyclic amines) is 1. The zero-order valence-corrected chi connectivity index (χ0v) is 17.8. The molecule has 1 N–H and O–H groups in total. The number of aryl methyl sites for hydroxylation is 2. The first-order chi connectivity index (χ1) is 13.9. The number of anilines is 1. The lowest BCUT2D eigenvalue weighted by Gasteiger charge is -2.31. The van der Waals surface area contributed by atoms with E-state index in [1.165, 1.54) is 4.68 Å². The van der Waals surface area contributed by atoms with Gasteiger partial charge in [0.05, 0.1) is 23.7 Å². The van der Waals surface area contributed by atoms with Gasteiger partial charge in [0.2, 0.25) is 5.91 Å². The summed E-state index contributed by atoms with van der Waals surface area (Å²) >= 11 is 3.33. The zero-order chi connectivity index (χ0) is 20.5. The van der Waals surface area contributed by atoms with Crippen LogP contribution in [0.15, 0.2) is 32.1 Å². The lowest BCUT2D eigenvalue weighted by atomic mass is 9.97. The van der Waals surface area contributed by atoms with E-state index in [1.54, 1.807) is 19.2 Å². The summed E-state index contributed by atoms with van der Waals surface area (Å²) in [6.45, 7) is 5.25. The summed E-state index contributed by atoms with van der Waals surface area (Å²) in [5, 5.41) is 11.8. The fourth-order valence-corrected chi connectivity index (χ4v) is 3.94. The smallest absolute Gasteiger partial charge is 0.298 e. The van der Waals surface area contributed by atoms with Gasteiger partial charge in [-0.25, -0.2) is 9.67 Å². The molecular weight excluding hydrogens is 440 g/mol. The number of rotatable bonds is 4. The van der Waals surface area contributed by atoms with Crippen LogP contribution in [-0.2, 0) is 11.5 Å². The Kier molecular flexibility index (Phi) is 5.46. The Bertz CT molecular complexity index is 1110. The monoisotopic (exact) mass is 460 g/mol. The van der Waals surface area contributed by atoms with Crippen molar-refractivity contribution in [2.45, 2.75) is 33.4 Å². The summed E-state index contributed by atoms with van der Waals surface area (Å²) in [7, 11) is 0. The van der Waals surface area contributed by atoms with Gasteiger partial charge in [-0.1, -0.05) is 5.16 Å². The molecule has 3 aromatic heterocycles. The molecule has 1 atom stereocenters. The van der Waals surface area contributed by atoms with E-state index in [2.05, 4.69) is 41.4 Å². The third-order valence-corrected chi connectivity index (χ3v) is 5.59. The molecule has 1 fully saturated rings. The number of nitrogens with zero attached hydrogens (tertiary/aromatic N) is 5. The summed E-state index contributed by atoms with van der Waals surface area (Å²) in [6.07, 6.45) is 3.30. The van der Waals surface area contributed by atoms with Crippen LogP contribution < -0.4 is 10.9 Å². The van der Waals surface area contributed by atoms with Gasteiger partial charge in [-0.05, 0) is 61.3 Å². The normalized spacial score (nSPS) is 17.6. The number of hydrogen-bond acceptors (Lipinski definition) is 7. The largest absolute Gasteiger partial charge is 0.360 e. The number of amides is 1. The molecule has 9 nitrogen and oxygen atoms in total. The van der Waals surface area contributed by atoms with E-state index in [0.717, 1.165) is 23.9 Å². The molecule has 1 aliphatic heterocycles. The fraction of sp³-hybridized carbons (Fsp3) is 0.421. The fourth-order valence-electron chi connectivity index (χ4n) is 3.70. The highest BCUT2D eigenvalue weighted by atomic mass is 79.9. The predicted molar refractivity (Wildman–Crippen MR) is 110 cm³/mol. The SMILES string of the molecule is Cc1nn(CN2CCCC(C(=O)Nc3ccc(Br)cn3)C2)c(=O)c2noc(C)c12. The lowest BCUT2D eigenvalue weighted by molar-refractivity contribution is -0.121. The van der Waals surface area contributed by atoms with Gasteiger partial charge in [-0.2, -0.15) is 5.10 Å². The first-order valence-corrected chi connectivity index (χ1v) is 10.2. The van der Waals surface area contributed by atoms with Gasteiger partial charge < -0.3 is 9.84 Å². The van der Waals surface area contributed by atoms with Gasteiger partial charge in [0.15, 0.2) is 5.52 Å². The highest BCUT2D eigenvalue weighted by Gasteiger charge is 2.27. The number of pyridine rings is 1. The summed E-state index contributed by atoms with van der Waals surface area (Å²) in [4.78, 5) is 31.6. The number of carbonyl (C=O) groups excluding carboxylic acids is 1. The predicted octanol–water partition coefficient (Wildman–Crippen LogP) is 2.47. The van der Waals surface area contributed by atoms with Crippen LogP contribution in [0.25, 0.3) is 10.9 Å². The molecule has 4 heterocycles. The van der Waals surface area contributed by atoms with Crippen molar-refractivity contribution in [1.82, 2.24) is 24.8 Å². The van der Waals surface area contributed by atoms with Crippen LogP contribution in [0.2, 0.25) is 0 Å². The number of nitrogens with one attached hydrogen (secondary N) is 1. The second-order valence-electron chi connectivity index (χ2n) is 7.26. The molecule has 0 bridgehead atoms. The molecule has 0 radical (unpaired) electrons. The Morgan fingerprint density at radius 3 is 2.97 bits per heavy atom. The molecule has 152 valence electrons. The van der Waals surface area contributed by atoms with Crippen LogP contribution in [0.5, 0.6) is 0 Å². The van der Waals surface area contributed by atoms with Crippen LogP contribution >= 0.6 is 15.9 Å². The van der Waals surface area contributed by atoms with Gasteiger partial charge in [0.1, 0.15) is 11.6 Å². The van der Waals surface area contributed by atoms with Gasteiger partial charge in [0, 0.05) is 17.2 Å². The Balaban J connectivity index is 1.47. The van der Waals surface area contributed by atoms with Crippen molar-refractivity contribution in [3.05, 3.63) is 44.6 Å². The van der Waals surface area contributed by atoms with Crippen molar-refractivity contribution in [3.8, 4) is 0 Å². The molecular formula is C19H21BrN6O3. The van der Waals surface area contributed by atoms with Gasteiger partial charge in [-0.15, -0.1) is 0 Å². The number of piperidine rings is 1. The first kappa shape index (κ1) is 19.7. The minimum Gasteiger partial charge on any atom is -0.360 e. The highest BCUT2D eigenvalue weighted by molar-refractivity contribution is 9.10. The van der Waals surface area contributed by atoms with Gasteiger partial charge in [0.25, 0.3) is 5.56 Å². The minimum absolute atomic E-state index is 0.0661. The Labute approximate surface area is 175 Å². The summed E-state index contributed by atoms with van der Waals surface area (Å²) in [5.74, 6) is 0.869. The van der Waals surface area contributed by atoms with Crippen LogP contribution in [-0.4, -0.2) is 43.8 Å². The second-order valence-corrected chi connectivity index (χ2v) is 8.18. The van der Waals surface area contributed by atoms with E-state index in [-0.39, 0.29) is 17.4 Å². The van der Waals surface area contributed by atoms with Crippen molar-refractivity contribution in [1.29, 1.82) is 0 Å². The Hall–Kier alpha value is -2.59. The highest BCUT2D eigenvalue weighted by Crippen LogP contribution is 2.20. The summed E-state index contributed by atoms with van der Waals surface area (Å²) < 4.78 is 7.41. The quantitative estimate of drug-likeness (QED) is 0.636.